The van der Waals surface area contributed by atoms with E-state index in [0.717, 1.165) is 10.6 Å². The van der Waals surface area contributed by atoms with Crippen molar-refractivity contribution in [3.05, 3.63) is 40.7 Å². The van der Waals surface area contributed by atoms with Crippen LogP contribution in [0.5, 0.6) is 0 Å². The van der Waals surface area contributed by atoms with E-state index in [1.807, 2.05) is 13.0 Å². The molecule has 0 aliphatic carbocycles. The van der Waals surface area contributed by atoms with E-state index in [1.54, 1.807) is 23.9 Å². The number of carbonyl (C=O) groups excluding carboxylic acids is 1. The van der Waals surface area contributed by atoms with Crippen LogP contribution in [-0.4, -0.2) is 37.7 Å². The maximum Gasteiger partial charge on any atom is 0.325 e. The molecule has 1 amide bonds. The van der Waals surface area contributed by atoms with Gasteiger partial charge >= 0.3 is 5.97 Å². The zero-order valence-corrected chi connectivity index (χ0v) is 13.9. The average Bonchev–Trinajstić information content (AvgIpc) is 2.93. The lowest BCUT2D eigenvalue weighted by Crippen LogP contribution is -2.23. The number of rotatable bonds is 7. The molecule has 2 N–H and O–H groups in total. The van der Waals surface area contributed by atoms with Crippen molar-refractivity contribution < 1.29 is 14.7 Å². The fourth-order valence-electron chi connectivity index (χ4n) is 1.86. The van der Waals surface area contributed by atoms with Crippen LogP contribution in [0.1, 0.15) is 23.0 Å². The average molecular weight is 355 g/mol. The van der Waals surface area contributed by atoms with Crippen LogP contribution in [0.3, 0.4) is 0 Å². The molecule has 23 heavy (non-hydrogen) atoms. The van der Waals surface area contributed by atoms with Gasteiger partial charge in [0.1, 0.15) is 12.2 Å². The Morgan fingerprint density at radius 1 is 1.43 bits per heavy atom. The van der Waals surface area contributed by atoms with Crippen molar-refractivity contribution in [3.8, 4) is 0 Å². The lowest BCUT2D eigenvalue weighted by molar-refractivity contribution is -0.137. The predicted octanol–water partition coefficient (Wildman–Crippen LogP) is 2.06. The summed E-state index contributed by atoms with van der Waals surface area (Å²) in [6.07, 6.45) is 1.48. The number of aliphatic carboxylic acids is 1. The lowest BCUT2D eigenvalue weighted by atomic mass is 10.2. The molecular weight excluding hydrogens is 340 g/mol. The molecule has 0 atom stereocenters. The molecule has 0 saturated carbocycles. The van der Waals surface area contributed by atoms with E-state index in [0.29, 0.717) is 16.3 Å². The molecule has 0 saturated heterocycles. The Kier molecular flexibility index (Phi) is 6.00. The van der Waals surface area contributed by atoms with Crippen molar-refractivity contribution >= 4 is 35.2 Å². The third-order valence-corrected chi connectivity index (χ3v) is 3.99. The molecule has 0 fully saturated rings. The molecule has 7 nitrogen and oxygen atoms in total. The van der Waals surface area contributed by atoms with Crippen molar-refractivity contribution in [1.82, 2.24) is 20.3 Å². The highest BCUT2D eigenvalue weighted by molar-refractivity contribution is 7.99. The summed E-state index contributed by atoms with van der Waals surface area (Å²) < 4.78 is 1.20. The molecule has 0 spiro atoms. The molecule has 0 bridgehead atoms. The normalized spacial score (nSPS) is 10.5. The molecule has 0 aliphatic heterocycles. The summed E-state index contributed by atoms with van der Waals surface area (Å²) in [5, 5.41) is 19.4. The van der Waals surface area contributed by atoms with Gasteiger partial charge in [0.2, 0.25) is 0 Å². The number of halogens is 1. The maximum atomic E-state index is 12.3. The zero-order valence-electron chi connectivity index (χ0n) is 12.3. The van der Waals surface area contributed by atoms with Crippen molar-refractivity contribution in [1.29, 1.82) is 0 Å². The predicted molar refractivity (Wildman–Crippen MR) is 86.7 cm³/mol. The van der Waals surface area contributed by atoms with Gasteiger partial charge < -0.3 is 10.4 Å². The fraction of sp³-hybridized carbons (Fsp3) is 0.286. The van der Waals surface area contributed by atoms with Crippen molar-refractivity contribution in [2.24, 2.45) is 0 Å². The Morgan fingerprint density at radius 2 is 2.22 bits per heavy atom. The highest BCUT2D eigenvalue weighted by Gasteiger charge is 2.13. The standard InChI is InChI=1S/C14H15ClN4O3S/c1-2-23-12-4-3-9(15)5-11(12)14(22)16-6-10-7-19(18-17-10)8-13(20)21/h3-5,7H,2,6,8H2,1H3,(H,16,22)(H,20,21). The number of hydrogen-bond donors (Lipinski definition) is 2. The minimum absolute atomic E-state index is 0.154. The van der Waals surface area contributed by atoms with Gasteiger partial charge in [0.15, 0.2) is 0 Å². The number of amides is 1. The minimum Gasteiger partial charge on any atom is -0.480 e. The lowest BCUT2D eigenvalue weighted by Gasteiger charge is -2.09. The monoisotopic (exact) mass is 354 g/mol. The van der Waals surface area contributed by atoms with Crippen molar-refractivity contribution in [3.63, 3.8) is 0 Å². The number of benzene rings is 1. The van der Waals surface area contributed by atoms with E-state index in [9.17, 15) is 9.59 Å². The van der Waals surface area contributed by atoms with E-state index in [2.05, 4.69) is 15.6 Å². The molecule has 2 aromatic rings. The van der Waals surface area contributed by atoms with Crippen LogP contribution in [0.15, 0.2) is 29.3 Å². The number of hydrogen-bond acceptors (Lipinski definition) is 5. The van der Waals surface area contributed by atoms with Crippen LogP contribution in [-0.2, 0) is 17.9 Å². The Balaban J connectivity index is 2.03. The van der Waals surface area contributed by atoms with Gasteiger partial charge in [-0.1, -0.05) is 23.7 Å². The number of nitrogens with one attached hydrogen (secondary N) is 1. The van der Waals surface area contributed by atoms with Gasteiger partial charge in [0.05, 0.1) is 18.3 Å². The number of carboxylic acids is 1. The first-order chi connectivity index (χ1) is 11.0. The van der Waals surface area contributed by atoms with E-state index >= 15 is 0 Å². The fourth-order valence-corrected chi connectivity index (χ4v) is 2.82. The molecule has 2 rings (SSSR count). The molecule has 9 heteroatoms. The summed E-state index contributed by atoms with van der Waals surface area (Å²) in [4.78, 5) is 23.8. The largest absolute Gasteiger partial charge is 0.480 e. The van der Waals surface area contributed by atoms with Gasteiger partial charge in [0, 0.05) is 9.92 Å². The summed E-state index contributed by atoms with van der Waals surface area (Å²) in [6, 6.07) is 5.18. The van der Waals surface area contributed by atoms with Crippen LogP contribution in [0.25, 0.3) is 0 Å². The van der Waals surface area contributed by atoms with Gasteiger partial charge in [0.25, 0.3) is 5.91 Å². The van der Waals surface area contributed by atoms with Crippen LogP contribution < -0.4 is 5.32 Å². The SMILES string of the molecule is CCSc1ccc(Cl)cc1C(=O)NCc1cn(CC(=O)O)nn1. The second-order valence-corrected chi connectivity index (χ2v) is 6.30. The molecule has 1 heterocycles. The van der Waals surface area contributed by atoms with Crippen molar-refractivity contribution in [2.75, 3.05) is 5.75 Å². The maximum absolute atomic E-state index is 12.3. The molecular formula is C14H15ClN4O3S. The second-order valence-electron chi connectivity index (χ2n) is 4.56. The van der Waals surface area contributed by atoms with Gasteiger partial charge in [-0.3, -0.25) is 9.59 Å². The zero-order chi connectivity index (χ0) is 16.8. The quantitative estimate of drug-likeness (QED) is 0.739. The number of thioether (sulfide) groups is 1. The topological polar surface area (TPSA) is 97.1 Å². The van der Waals surface area contributed by atoms with Crippen LogP contribution in [0.4, 0.5) is 0 Å². The first-order valence-electron chi connectivity index (χ1n) is 6.81. The number of carbonyl (C=O) groups is 2. The van der Waals surface area contributed by atoms with E-state index in [4.69, 9.17) is 16.7 Å². The van der Waals surface area contributed by atoms with Crippen LogP contribution in [0.2, 0.25) is 5.02 Å². The van der Waals surface area contributed by atoms with E-state index in [-0.39, 0.29) is 19.0 Å². The Hall–Kier alpha value is -2.06. The highest BCUT2D eigenvalue weighted by Crippen LogP contribution is 2.25. The van der Waals surface area contributed by atoms with E-state index < -0.39 is 5.97 Å². The Labute approximate surface area is 142 Å². The highest BCUT2D eigenvalue weighted by atomic mass is 35.5. The number of nitrogens with zero attached hydrogens (tertiary/aromatic N) is 3. The third kappa shape index (κ3) is 4.97. The number of carboxylic acid groups (broad SMARTS) is 1. The molecule has 0 aliphatic rings. The van der Waals surface area contributed by atoms with Gasteiger partial charge in [-0.05, 0) is 24.0 Å². The van der Waals surface area contributed by atoms with E-state index in [1.165, 1.54) is 10.9 Å². The molecule has 0 radical (unpaired) electrons. The van der Waals surface area contributed by atoms with Crippen LogP contribution in [0, 0.1) is 0 Å². The summed E-state index contributed by atoms with van der Waals surface area (Å²) in [7, 11) is 0. The molecule has 1 aromatic heterocycles. The first kappa shape index (κ1) is 17.3. The van der Waals surface area contributed by atoms with Crippen LogP contribution >= 0.6 is 23.4 Å². The van der Waals surface area contributed by atoms with Crippen molar-refractivity contribution in [2.45, 2.75) is 24.9 Å². The van der Waals surface area contributed by atoms with Gasteiger partial charge in [-0.25, -0.2) is 4.68 Å². The summed E-state index contributed by atoms with van der Waals surface area (Å²) in [5.41, 5.74) is 0.980. The van der Waals surface area contributed by atoms with Gasteiger partial charge in [-0.15, -0.1) is 16.9 Å². The summed E-state index contributed by atoms with van der Waals surface area (Å²) in [6.45, 7) is 1.88. The smallest absolute Gasteiger partial charge is 0.325 e. The third-order valence-electron chi connectivity index (χ3n) is 2.80. The number of aromatic nitrogens is 3. The Bertz CT molecular complexity index is 720. The minimum atomic E-state index is -1.01. The Morgan fingerprint density at radius 3 is 2.91 bits per heavy atom. The molecule has 0 unspecified atom stereocenters. The first-order valence-corrected chi connectivity index (χ1v) is 8.17. The molecule has 122 valence electrons. The second kappa shape index (κ2) is 7.98. The summed E-state index contributed by atoms with van der Waals surface area (Å²) >= 11 is 7.51. The molecule has 1 aromatic carbocycles. The summed E-state index contributed by atoms with van der Waals surface area (Å²) in [5.74, 6) is -0.437. The van der Waals surface area contributed by atoms with Gasteiger partial charge in [-0.2, -0.15) is 0 Å².